The molecule has 0 aromatic heterocycles. The maximum Gasteiger partial charge on any atom is 0.244 e. The van der Waals surface area contributed by atoms with Crippen molar-refractivity contribution in [2.75, 3.05) is 17.1 Å². The fourth-order valence-electron chi connectivity index (χ4n) is 3.08. The summed E-state index contributed by atoms with van der Waals surface area (Å²) >= 11 is 9.33. The number of rotatable bonds is 10. The van der Waals surface area contributed by atoms with Gasteiger partial charge in [-0.2, -0.15) is 0 Å². The van der Waals surface area contributed by atoms with Crippen LogP contribution in [0.25, 0.3) is 0 Å². The van der Waals surface area contributed by atoms with Crippen LogP contribution in [-0.2, 0) is 26.2 Å². The molecule has 2 aromatic carbocycles. The Kier molecular flexibility index (Phi) is 9.75. The van der Waals surface area contributed by atoms with Crippen LogP contribution in [0.15, 0.2) is 53.0 Å². The number of anilines is 1. The summed E-state index contributed by atoms with van der Waals surface area (Å²) in [6, 6.07) is 12.8. The van der Waals surface area contributed by atoms with Crippen molar-refractivity contribution in [1.82, 2.24) is 10.2 Å². The van der Waals surface area contributed by atoms with E-state index in [0.29, 0.717) is 15.2 Å². The highest BCUT2D eigenvalue weighted by Gasteiger charge is 2.31. The van der Waals surface area contributed by atoms with Crippen LogP contribution in [0.4, 0.5) is 5.69 Å². The van der Waals surface area contributed by atoms with Gasteiger partial charge in [-0.05, 0) is 66.0 Å². The highest BCUT2D eigenvalue weighted by molar-refractivity contribution is 9.10. The van der Waals surface area contributed by atoms with Gasteiger partial charge in [0.1, 0.15) is 12.6 Å². The highest BCUT2D eigenvalue weighted by Crippen LogP contribution is 2.28. The smallest absolute Gasteiger partial charge is 0.244 e. The van der Waals surface area contributed by atoms with Gasteiger partial charge in [-0.25, -0.2) is 8.42 Å². The number of amides is 2. The summed E-state index contributed by atoms with van der Waals surface area (Å²) in [5.41, 5.74) is 1.11. The van der Waals surface area contributed by atoms with Gasteiger partial charge in [0, 0.05) is 22.1 Å². The summed E-state index contributed by atoms with van der Waals surface area (Å²) in [7, 11) is -3.78. The van der Waals surface area contributed by atoms with E-state index in [1.54, 1.807) is 55.5 Å². The van der Waals surface area contributed by atoms with Crippen LogP contribution in [0.1, 0.15) is 32.8 Å². The van der Waals surface area contributed by atoms with Crippen molar-refractivity contribution in [3.05, 3.63) is 63.6 Å². The third kappa shape index (κ3) is 7.72. The lowest BCUT2D eigenvalue weighted by Gasteiger charge is -2.32. The zero-order chi connectivity index (χ0) is 24.8. The minimum atomic E-state index is -3.78. The molecule has 2 atom stereocenters. The normalized spacial score (nSPS) is 13.2. The van der Waals surface area contributed by atoms with Crippen molar-refractivity contribution in [2.24, 2.45) is 0 Å². The lowest BCUT2D eigenvalue weighted by atomic mass is 10.1. The van der Waals surface area contributed by atoms with Crippen molar-refractivity contribution < 1.29 is 18.0 Å². The fourth-order valence-corrected chi connectivity index (χ4v) is 4.69. The molecule has 0 saturated carbocycles. The van der Waals surface area contributed by atoms with Crippen LogP contribution in [0.5, 0.6) is 0 Å². The fraction of sp³-hybridized carbons (Fsp3) is 0.391. The Balaban J connectivity index is 2.39. The average molecular weight is 559 g/mol. The predicted molar refractivity (Wildman–Crippen MR) is 136 cm³/mol. The molecule has 0 spiro atoms. The molecular weight excluding hydrogens is 530 g/mol. The van der Waals surface area contributed by atoms with E-state index in [1.165, 1.54) is 4.90 Å². The number of benzene rings is 2. The molecule has 0 aliphatic heterocycles. The van der Waals surface area contributed by atoms with Crippen molar-refractivity contribution >= 4 is 55.1 Å². The molecule has 33 heavy (non-hydrogen) atoms. The maximum absolute atomic E-state index is 13.5. The Labute approximate surface area is 209 Å². The number of hydrogen-bond acceptors (Lipinski definition) is 4. The predicted octanol–water partition coefficient (Wildman–Crippen LogP) is 4.20. The minimum absolute atomic E-state index is 0.0553. The largest absolute Gasteiger partial charge is 0.352 e. The second-order valence-corrected chi connectivity index (χ2v) is 11.1. The quantitative estimate of drug-likeness (QED) is 0.474. The first-order chi connectivity index (χ1) is 15.4. The third-order valence-electron chi connectivity index (χ3n) is 5.23. The number of carbonyl (C=O) groups is 2. The van der Waals surface area contributed by atoms with E-state index in [1.807, 2.05) is 13.8 Å². The van der Waals surface area contributed by atoms with Gasteiger partial charge < -0.3 is 10.2 Å². The minimum Gasteiger partial charge on any atom is -0.352 e. The van der Waals surface area contributed by atoms with Gasteiger partial charge >= 0.3 is 0 Å². The number of sulfonamides is 1. The Hall–Kier alpha value is -2.10. The number of carbonyl (C=O) groups excluding carboxylic acids is 2. The van der Waals surface area contributed by atoms with E-state index in [9.17, 15) is 18.0 Å². The second kappa shape index (κ2) is 11.9. The van der Waals surface area contributed by atoms with E-state index in [-0.39, 0.29) is 18.5 Å². The molecule has 180 valence electrons. The van der Waals surface area contributed by atoms with E-state index in [0.717, 1.165) is 22.5 Å². The van der Waals surface area contributed by atoms with E-state index in [2.05, 4.69) is 21.2 Å². The lowest BCUT2D eigenvalue weighted by molar-refractivity contribution is -0.139. The molecule has 0 saturated heterocycles. The SMILES string of the molecule is CC[C@H](C)NC(=O)[C@@H](C)N(Cc1ccc(Cl)cc1)C(=O)CN(c1ccccc1Br)S(C)(=O)=O. The number of nitrogens with zero attached hydrogens (tertiary/aromatic N) is 2. The lowest BCUT2D eigenvalue weighted by Crippen LogP contribution is -2.52. The van der Waals surface area contributed by atoms with Gasteiger partial charge in [0.05, 0.1) is 11.9 Å². The molecule has 2 rings (SSSR count). The second-order valence-electron chi connectivity index (χ2n) is 7.86. The summed E-state index contributed by atoms with van der Waals surface area (Å²) in [6.07, 6.45) is 1.79. The number of hydrogen-bond donors (Lipinski definition) is 1. The van der Waals surface area contributed by atoms with Crippen molar-refractivity contribution in [2.45, 2.75) is 45.8 Å². The van der Waals surface area contributed by atoms with Crippen molar-refractivity contribution in [1.29, 1.82) is 0 Å². The molecule has 0 heterocycles. The molecule has 1 N–H and O–H groups in total. The van der Waals surface area contributed by atoms with Crippen LogP contribution in [0.2, 0.25) is 5.02 Å². The molecular formula is C23H29BrClN3O4S. The summed E-state index contributed by atoms with van der Waals surface area (Å²) in [5, 5.41) is 3.44. The number of nitrogens with one attached hydrogen (secondary N) is 1. The summed E-state index contributed by atoms with van der Waals surface area (Å²) < 4.78 is 26.7. The van der Waals surface area contributed by atoms with E-state index >= 15 is 0 Å². The van der Waals surface area contributed by atoms with Crippen LogP contribution in [-0.4, -0.2) is 50.0 Å². The van der Waals surface area contributed by atoms with E-state index < -0.39 is 28.5 Å². The molecule has 0 radical (unpaired) electrons. The maximum atomic E-state index is 13.5. The Morgan fingerprint density at radius 2 is 1.70 bits per heavy atom. The molecule has 0 aliphatic carbocycles. The van der Waals surface area contributed by atoms with Crippen LogP contribution < -0.4 is 9.62 Å². The van der Waals surface area contributed by atoms with Crippen LogP contribution in [0, 0.1) is 0 Å². The summed E-state index contributed by atoms with van der Waals surface area (Å²) in [5.74, 6) is -0.809. The van der Waals surface area contributed by atoms with Crippen LogP contribution in [0.3, 0.4) is 0 Å². The molecule has 0 unspecified atom stereocenters. The van der Waals surface area contributed by atoms with Gasteiger partial charge in [-0.15, -0.1) is 0 Å². The molecule has 0 fully saturated rings. The monoisotopic (exact) mass is 557 g/mol. The number of para-hydroxylation sites is 1. The van der Waals surface area contributed by atoms with Gasteiger partial charge in [-0.3, -0.25) is 13.9 Å². The van der Waals surface area contributed by atoms with E-state index in [4.69, 9.17) is 11.6 Å². The first kappa shape index (κ1) is 27.1. The van der Waals surface area contributed by atoms with Gasteiger partial charge in [0.2, 0.25) is 21.8 Å². The van der Waals surface area contributed by atoms with Crippen molar-refractivity contribution in [3.8, 4) is 0 Å². The molecule has 0 bridgehead atoms. The van der Waals surface area contributed by atoms with Crippen molar-refractivity contribution in [3.63, 3.8) is 0 Å². The molecule has 10 heteroatoms. The molecule has 0 aliphatic rings. The standard InChI is InChI=1S/C23H29BrClN3O4S/c1-5-16(2)26-23(30)17(3)27(14-18-10-12-19(25)13-11-18)22(29)15-28(33(4,31)32)21-9-7-6-8-20(21)24/h6-13,16-17H,5,14-15H2,1-4H3,(H,26,30)/t16-,17+/m0/s1. The summed E-state index contributed by atoms with van der Waals surface area (Å²) in [6.45, 7) is 5.14. The first-order valence-electron chi connectivity index (χ1n) is 10.5. The summed E-state index contributed by atoms with van der Waals surface area (Å²) in [4.78, 5) is 27.7. The van der Waals surface area contributed by atoms with Gasteiger partial charge in [0.25, 0.3) is 0 Å². The zero-order valence-corrected chi connectivity index (χ0v) is 22.2. The Morgan fingerprint density at radius 1 is 1.09 bits per heavy atom. The Morgan fingerprint density at radius 3 is 2.24 bits per heavy atom. The number of halogens is 2. The third-order valence-corrected chi connectivity index (χ3v) is 7.28. The highest BCUT2D eigenvalue weighted by atomic mass is 79.9. The zero-order valence-electron chi connectivity index (χ0n) is 19.1. The van der Waals surface area contributed by atoms with Gasteiger partial charge in [0.15, 0.2) is 0 Å². The first-order valence-corrected chi connectivity index (χ1v) is 13.5. The molecule has 7 nitrogen and oxygen atoms in total. The van der Waals surface area contributed by atoms with Gasteiger partial charge in [-0.1, -0.05) is 42.8 Å². The Bertz CT molecular complexity index is 1080. The van der Waals surface area contributed by atoms with Crippen LogP contribution >= 0.6 is 27.5 Å². The molecule has 2 amide bonds. The molecule has 2 aromatic rings. The average Bonchev–Trinajstić information content (AvgIpc) is 2.76. The topological polar surface area (TPSA) is 86.8 Å².